The zero-order chi connectivity index (χ0) is 24.2. The van der Waals surface area contributed by atoms with Crippen LogP contribution in [0.2, 0.25) is 0 Å². The topological polar surface area (TPSA) is 79.4 Å². The third-order valence-electron chi connectivity index (χ3n) is 5.73. The number of benzene rings is 2. The van der Waals surface area contributed by atoms with Gasteiger partial charge in [0.1, 0.15) is 10.6 Å². The largest absolute Gasteiger partial charge is 0.495 e. The van der Waals surface area contributed by atoms with Crippen molar-refractivity contribution in [3.8, 4) is 5.75 Å². The van der Waals surface area contributed by atoms with E-state index in [1.54, 1.807) is 11.0 Å². The second-order valence-corrected chi connectivity index (χ2v) is 10.7. The summed E-state index contributed by atoms with van der Waals surface area (Å²) in [6.45, 7) is 1.53. The number of hydrogen-bond donors (Lipinski definition) is 0. The molecule has 2 aromatic carbocycles. The lowest BCUT2D eigenvalue weighted by molar-refractivity contribution is 0.0507. The van der Waals surface area contributed by atoms with E-state index in [0.29, 0.717) is 25.3 Å². The van der Waals surface area contributed by atoms with Crippen molar-refractivity contribution < 1.29 is 22.7 Å². The first-order valence-electron chi connectivity index (χ1n) is 10.9. The minimum absolute atomic E-state index is 0.0294. The lowest BCUT2D eigenvalue weighted by atomic mass is 10.1. The number of rotatable bonds is 9. The Bertz CT molecular complexity index is 1060. The minimum atomic E-state index is -3.79. The van der Waals surface area contributed by atoms with Crippen LogP contribution in [0.15, 0.2) is 47.4 Å². The molecule has 0 aliphatic carbocycles. The molecule has 1 aliphatic heterocycles. The predicted molar refractivity (Wildman–Crippen MR) is 128 cm³/mol. The molecule has 0 spiro atoms. The first kappa shape index (κ1) is 25.0. The first-order chi connectivity index (χ1) is 15.6. The van der Waals surface area contributed by atoms with Crippen LogP contribution in [-0.2, 0) is 21.3 Å². The molecule has 1 amide bonds. The zero-order valence-corrected chi connectivity index (χ0v) is 20.8. The van der Waals surface area contributed by atoms with Crippen molar-refractivity contribution in [3.63, 3.8) is 0 Å². The van der Waals surface area contributed by atoms with Gasteiger partial charge in [0.15, 0.2) is 0 Å². The third kappa shape index (κ3) is 5.85. The van der Waals surface area contributed by atoms with Crippen molar-refractivity contribution in [1.29, 1.82) is 0 Å². The standard InChI is InChI=1S/C24H33N3O5S/c1-25(2)20-11-8-18(9-12-20)16-27(17-21-7-6-14-32-21)24(28)19-10-13-22(31-5)23(15-19)33(29,30)26(3)4/h8-13,15,21H,6-7,14,16-17H2,1-5H3/t21-/m1/s1. The van der Waals surface area contributed by atoms with E-state index in [2.05, 4.69) is 0 Å². The molecule has 0 aromatic heterocycles. The molecule has 33 heavy (non-hydrogen) atoms. The number of anilines is 1. The van der Waals surface area contributed by atoms with E-state index >= 15 is 0 Å². The molecule has 0 unspecified atom stereocenters. The quantitative estimate of drug-likeness (QED) is 0.555. The number of sulfonamides is 1. The van der Waals surface area contributed by atoms with E-state index in [-0.39, 0.29) is 22.7 Å². The molecular weight excluding hydrogens is 442 g/mol. The molecule has 9 heteroatoms. The van der Waals surface area contributed by atoms with Crippen molar-refractivity contribution in [2.75, 3.05) is 53.4 Å². The summed E-state index contributed by atoms with van der Waals surface area (Å²) >= 11 is 0. The molecule has 0 radical (unpaired) electrons. The maximum Gasteiger partial charge on any atom is 0.254 e. The van der Waals surface area contributed by atoms with Crippen LogP contribution in [0.3, 0.4) is 0 Å². The average molecular weight is 476 g/mol. The van der Waals surface area contributed by atoms with Crippen molar-refractivity contribution in [1.82, 2.24) is 9.21 Å². The summed E-state index contributed by atoms with van der Waals surface area (Å²) in [6, 6.07) is 12.6. The first-order valence-corrected chi connectivity index (χ1v) is 12.3. The van der Waals surface area contributed by atoms with Crippen molar-refractivity contribution in [2.24, 2.45) is 0 Å². The fourth-order valence-electron chi connectivity index (χ4n) is 3.76. The number of ether oxygens (including phenoxy) is 2. The Morgan fingerprint density at radius 1 is 1.09 bits per heavy atom. The van der Waals surface area contributed by atoms with Crippen LogP contribution in [0.4, 0.5) is 5.69 Å². The van der Waals surface area contributed by atoms with Gasteiger partial charge in [-0.3, -0.25) is 4.79 Å². The van der Waals surface area contributed by atoms with Gasteiger partial charge < -0.3 is 19.3 Å². The molecule has 0 saturated carbocycles. The summed E-state index contributed by atoms with van der Waals surface area (Å²) in [5.41, 5.74) is 2.35. The number of hydrogen-bond acceptors (Lipinski definition) is 6. The monoisotopic (exact) mass is 475 g/mol. The summed E-state index contributed by atoms with van der Waals surface area (Å²) in [7, 11) is 4.47. The molecule has 2 aromatic rings. The molecule has 1 fully saturated rings. The normalized spacial score (nSPS) is 16.1. The minimum Gasteiger partial charge on any atom is -0.495 e. The van der Waals surface area contributed by atoms with E-state index in [4.69, 9.17) is 9.47 Å². The molecule has 180 valence electrons. The summed E-state index contributed by atoms with van der Waals surface area (Å²) in [4.78, 5) is 17.3. The van der Waals surface area contributed by atoms with Gasteiger partial charge in [-0.2, -0.15) is 0 Å². The Morgan fingerprint density at radius 3 is 2.33 bits per heavy atom. The fourth-order valence-corrected chi connectivity index (χ4v) is 4.84. The van der Waals surface area contributed by atoms with Crippen molar-refractivity contribution in [2.45, 2.75) is 30.4 Å². The molecule has 8 nitrogen and oxygen atoms in total. The zero-order valence-electron chi connectivity index (χ0n) is 19.9. The fraction of sp³-hybridized carbons (Fsp3) is 0.458. The lowest BCUT2D eigenvalue weighted by Crippen LogP contribution is -2.37. The maximum atomic E-state index is 13.6. The highest BCUT2D eigenvalue weighted by Crippen LogP contribution is 2.28. The van der Waals surface area contributed by atoms with Crippen LogP contribution in [0.25, 0.3) is 0 Å². The Hall–Kier alpha value is -2.62. The van der Waals surface area contributed by atoms with Gasteiger partial charge in [0, 0.05) is 59.1 Å². The Labute approximate surface area is 196 Å². The predicted octanol–water partition coefficient (Wildman–Crippen LogP) is 2.83. The SMILES string of the molecule is COc1ccc(C(=O)N(Cc2ccc(N(C)C)cc2)C[C@H]2CCCO2)cc1S(=O)(=O)N(C)C. The molecule has 1 saturated heterocycles. The lowest BCUT2D eigenvalue weighted by Gasteiger charge is -2.26. The van der Waals surface area contributed by atoms with Crippen LogP contribution in [0.1, 0.15) is 28.8 Å². The van der Waals surface area contributed by atoms with Crippen molar-refractivity contribution >= 4 is 21.6 Å². The highest BCUT2D eigenvalue weighted by atomic mass is 32.2. The van der Waals surface area contributed by atoms with Crippen LogP contribution in [0, 0.1) is 0 Å². The van der Waals surface area contributed by atoms with Gasteiger partial charge in [0.05, 0.1) is 13.2 Å². The highest BCUT2D eigenvalue weighted by Gasteiger charge is 2.27. The molecule has 0 bridgehead atoms. The smallest absolute Gasteiger partial charge is 0.254 e. The van der Waals surface area contributed by atoms with Crippen molar-refractivity contribution in [3.05, 3.63) is 53.6 Å². The van der Waals surface area contributed by atoms with Gasteiger partial charge in [-0.15, -0.1) is 0 Å². The van der Waals surface area contributed by atoms with Crippen LogP contribution in [0.5, 0.6) is 5.75 Å². The Morgan fingerprint density at radius 2 is 1.79 bits per heavy atom. The van der Waals surface area contributed by atoms with Gasteiger partial charge in [0.25, 0.3) is 5.91 Å². The van der Waals surface area contributed by atoms with Gasteiger partial charge >= 0.3 is 0 Å². The molecule has 1 atom stereocenters. The number of carbonyl (C=O) groups excluding carboxylic acids is 1. The van der Waals surface area contributed by atoms with Crippen LogP contribution < -0.4 is 9.64 Å². The van der Waals surface area contributed by atoms with Crippen LogP contribution in [-0.4, -0.2) is 78.1 Å². The van der Waals surface area contributed by atoms with Crippen LogP contribution >= 0.6 is 0 Å². The van der Waals surface area contributed by atoms with E-state index < -0.39 is 10.0 Å². The van der Waals surface area contributed by atoms with E-state index in [0.717, 1.165) is 28.4 Å². The van der Waals surface area contributed by atoms with Gasteiger partial charge in [0.2, 0.25) is 10.0 Å². The number of nitrogens with zero attached hydrogens (tertiary/aromatic N) is 3. The maximum absolute atomic E-state index is 13.6. The second-order valence-electron chi connectivity index (χ2n) is 8.53. The number of methoxy groups -OCH3 is 1. The van der Waals surface area contributed by atoms with E-state index in [1.165, 1.54) is 33.3 Å². The molecule has 3 rings (SSSR count). The summed E-state index contributed by atoms with van der Waals surface area (Å²) in [5.74, 6) is -0.0507. The molecular formula is C24H33N3O5S. The van der Waals surface area contributed by atoms with E-state index in [9.17, 15) is 13.2 Å². The Kier molecular flexibility index (Phi) is 7.99. The van der Waals surface area contributed by atoms with Gasteiger partial charge in [-0.1, -0.05) is 12.1 Å². The summed E-state index contributed by atoms with van der Waals surface area (Å²) < 4.78 is 37.8. The average Bonchev–Trinajstić information content (AvgIpc) is 3.31. The summed E-state index contributed by atoms with van der Waals surface area (Å²) in [5, 5.41) is 0. The highest BCUT2D eigenvalue weighted by molar-refractivity contribution is 7.89. The molecule has 0 N–H and O–H groups in total. The number of carbonyl (C=O) groups is 1. The Balaban J connectivity index is 1.93. The second kappa shape index (κ2) is 10.5. The number of amides is 1. The van der Waals surface area contributed by atoms with Gasteiger partial charge in [-0.25, -0.2) is 12.7 Å². The molecule has 1 heterocycles. The third-order valence-corrected chi connectivity index (χ3v) is 7.57. The summed E-state index contributed by atoms with van der Waals surface area (Å²) in [6.07, 6.45) is 1.84. The van der Waals surface area contributed by atoms with Gasteiger partial charge in [-0.05, 0) is 48.7 Å². The molecule has 1 aliphatic rings. The van der Waals surface area contributed by atoms with E-state index in [1.807, 2.05) is 43.3 Å².